The number of hydrogen-bond acceptors (Lipinski definition) is 7. The molecule has 1 atom stereocenters. The molecule has 2 N–H and O–H groups in total. The van der Waals surface area contributed by atoms with E-state index in [2.05, 4.69) is 39.0 Å². The first-order valence-electron chi connectivity index (χ1n) is 9.59. The van der Waals surface area contributed by atoms with Gasteiger partial charge in [0.1, 0.15) is 11.8 Å². The van der Waals surface area contributed by atoms with Crippen LogP contribution in [0.4, 0.5) is 0 Å². The molecule has 1 aliphatic rings. The van der Waals surface area contributed by atoms with Crippen molar-refractivity contribution in [2.75, 3.05) is 25.9 Å². The molecule has 11 heteroatoms. The normalized spacial score (nSPS) is 18.2. The molecule has 1 unspecified atom stereocenters. The molecular weight excluding hydrogens is 535 g/mol. The summed E-state index contributed by atoms with van der Waals surface area (Å²) in [5.74, 6) is 1.39. The number of aromatic nitrogens is 1. The lowest BCUT2D eigenvalue weighted by atomic mass is 10.2. The molecule has 3 rings (SSSR count). The van der Waals surface area contributed by atoms with Crippen LogP contribution in [0.25, 0.3) is 11.5 Å². The Morgan fingerprint density at radius 2 is 2.06 bits per heavy atom. The van der Waals surface area contributed by atoms with Crippen LogP contribution in [-0.4, -0.2) is 58.2 Å². The van der Waals surface area contributed by atoms with E-state index in [9.17, 15) is 18.5 Å². The maximum Gasteiger partial charge on any atom is 0.261 e. The first-order chi connectivity index (χ1) is 14.5. The Hall–Kier alpha value is -2.01. The third kappa shape index (κ3) is 7.88. The minimum atomic E-state index is -3.67. The number of nitriles is 1. The number of aryl methyl sites for hydroxylation is 1. The zero-order valence-corrected chi connectivity index (χ0v) is 20.3. The zero-order chi connectivity index (χ0) is 23.1. The van der Waals surface area contributed by atoms with Crippen molar-refractivity contribution in [1.82, 2.24) is 15.2 Å². The number of nitrogens with zero attached hydrogens (tertiary/aromatic N) is 3. The summed E-state index contributed by atoms with van der Waals surface area (Å²) in [5.41, 5.74) is 1.85. The minimum Gasteiger partial charge on any atom is -0.441 e. The van der Waals surface area contributed by atoms with Gasteiger partial charge in [0.2, 0.25) is 11.8 Å². The Bertz CT molecular complexity index is 1030. The minimum absolute atomic E-state index is 0.0275. The molecule has 9 nitrogen and oxygen atoms in total. The van der Waals surface area contributed by atoms with Crippen LogP contribution in [0.2, 0.25) is 0 Å². The number of rotatable bonds is 6. The Kier molecular flexibility index (Phi) is 8.99. The molecule has 31 heavy (non-hydrogen) atoms. The summed E-state index contributed by atoms with van der Waals surface area (Å²) in [4.78, 5) is 18.6. The van der Waals surface area contributed by atoms with Crippen LogP contribution in [-0.2, 0) is 21.3 Å². The number of likely N-dealkylation sites (tertiary alicyclic amines) is 1. The highest BCUT2D eigenvalue weighted by Crippen LogP contribution is 2.34. The fourth-order valence-electron chi connectivity index (χ4n) is 3.08. The molecule has 1 saturated heterocycles. The Labute approximate surface area is 195 Å². The molecule has 2 heterocycles. The summed E-state index contributed by atoms with van der Waals surface area (Å²) >= 11 is 2.08. The standard InChI is InChI=1S/C19H21IN4O2.CH4O3S/c1-14-16(23-18(26-14)15-6-3-2-4-7-15)8-10-22-12-17(25)24-11-5-9-19(24,20)13-21;1-5(2,3)4/h2-4,6-7,22H,5,8-12H2,1H3;1H3,(H,2,3,4). The summed E-state index contributed by atoms with van der Waals surface area (Å²) in [7, 11) is -3.67. The fraction of sp³-hybridized carbons (Fsp3) is 0.450. The van der Waals surface area contributed by atoms with Crippen molar-refractivity contribution in [2.24, 2.45) is 0 Å². The first-order valence-corrected chi connectivity index (χ1v) is 12.5. The van der Waals surface area contributed by atoms with Gasteiger partial charge in [0.05, 0.1) is 18.5 Å². The number of oxazole rings is 1. The lowest BCUT2D eigenvalue weighted by molar-refractivity contribution is -0.130. The predicted molar refractivity (Wildman–Crippen MR) is 124 cm³/mol. The molecule has 1 aliphatic heterocycles. The summed E-state index contributed by atoms with van der Waals surface area (Å²) in [5, 5.41) is 12.5. The van der Waals surface area contributed by atoms with Crippen molar-refractivity contribution in [3.8, 4) is 17.5 Å². The van der Waals surface area contributed by atoms with E-state index in [0.29, 0.717) is 31.7 Å². The summed E-state index contributed by atoms with van der Waals surface area (Å²) in [6, 6.07) is 12.0. The highest BCUT2D eigenvalue weighted by molar-refractivity contribution is 14.1. The SMILES string of the molecule is CS(=O)(=O)O.Cc1oc(-c2ccccc2)nc1CCNCC(=O)N1CCCC1(I)C#N. The number of hydrogen-bond donors (Lipinski definition) is 2. The van der Waals surface area contributed by atoms with Crippen LogP contribution >= 0.6 is 22.6 Å². The van der Waals surface area contributed by atoms with Gasteiger partial charge in [0, 0.05) is 25.1 Å². The van der Waals surface area contributed by atoms with Crippen molar-refractivity contribution < 1.29 is 22.2 Å². The molecule has 2 aromatic rings. The predicted octanol–water partition coefficient (Wildman–Crippen LogP) is 2.56. The lowest BCUT2D eigenvalue weighted by Gasteiger charge is -2.27. The van der Waals surface area contributed by atoms with Gasteiger partial charge in [0.25, 0.3) is 10.1 Å². The second-order valence-corrected chi connectivity index (χ2v) is 10.3. The summed E-state index contributed by atoms with van der Waals surface area (Å²) < 4.78 is 30.9. The van der Waals surface area contributed by atoms with E-state index in [4.69, 9.17) is 8.97 Å². The molecule has 0 saturated carbocycles. The van der Waals surface area contributed by atoms with Gasteiger partial charge in [-0.05, 0) is 54.5 Å². The molecule has 1 amide bonds. The summed E-state index contributed by atoms with van der Waals surface area (Å²) in [6.45, 7) is 3.41. The Morgan fingerprint density at radius 3 is 2.68 bits per heavy atom. The number of nitrogens with one attached hydrogen (secondary N) is 1. The van der Waals surface area contributed by atoms with Crippen molar-refractivity contribution in [2.45, 2.75) is 29.7 Å². The van der Waals surface area contributed by atoms with Crippen LogP contribution in [0.1, 0.15) is 24.3 Å². The van der Waals surface area contributed by atoms with Gasteiger partial charge in [0.15, 0.2) is 3.55 Å². The van der Waals surface area contributed by atoms with Crippen molar-refractivity contribution in [3.63, 3.8) is 0 Å². The average molecular weight is 560 g/mol. The third-order valence-corrected chi connectivity index (χ3v) is 5.88. The van der Waals surface area contributed by atoms with Crippen LogP contribution in [0.15, 0.2) is 34.7 Å². The number of alkyl halides is 1. The molecule has 0 aliphatic carbocycles. The van der Waals surface area contributed by atoms with Gasteiger partial charge in [-0.2, -0.15) is 13.7 Å². The van der Waals surface area contributed by atoms with E-state index in [1.807, 2.05) is 37.3 Å². The van der Waals surface area contributed by atoms with Gasteiger partial charge in [-0.25, -0.2) is 4.98 Å². The smallest absolute Gasteiger partial charge is 0.261 e. The van der Waals surface area contributed by atoms with E-state index in [-0.39, 0.29) is 12.5 Å². The topological polar surface area (TPSA) is 137 Å². The van der Waals surface area contributed by atoms with Gasteiger partial charge < -0.3 is 14.6 Å². The average Bonchev–Trinajstić information content (AvgIpc) is 3.28. The molecule has 0 spiro atoms. The van der Waals surface area contributed by atoms with Gasteiger partial charge in [-0.1, -0.05) is 18.2 Å². The summed E-state index contributed by atoms with van der Waals surface area (Å²) in [6.07, 6.45) is 3.01. The van der Waals surface area contributed by atoms with Crippen molar-refractivity contribution in [3.05, 3.63) is 41.8 Å². The van der Waals surface area contributed by atoms with E-state index in [1.165, 1.54) is 0 Å². The molecule has 1 aromatic heterocycles. The maximum absolute atomic E-state index is 12.4. The van der Waals surface area contributed by atoms with E-state index in [1.54, 1.807) is 4.90 Å². The monoisotopic (exact) mass is 560 g/mol. The van der Waals surface area contributed by atoms with Crippen molar-refractivity contribution in [1.29, 1.82) is 5.26 Å². The second kappa shape index (κ2) is 11.0. The van der Waals surface area contributed by atoms with Crippen LogP contribution in [0.5, 0.6) is 0 Å². The molecule has 1 aromatic carbocycles. The van der Waals surface area contributed by atoms with Gasteiger partial charge in [-0.3, -0.25) is 9.35 Å². The van der Waals surface area contributed by atoms with Gasteiger partial charge in [-0.15, -0.1) is 0 Å². The van der Waals surface area contributed by atoms with Crippen LogP contribution in [0.3, 0.4) is 0 Å². The number of halogens is 1. The third-order valence-electron chi connectivity index (χ3n) is 4.52. The van der Waals surface area contributed by atoms with E-state index in [0.717, 1.165) is 29.9 Å². The number of benzene rings is 1. The molecular formula is C20H25IN4O5S. The Morgan fingerprint density at radius 1 is 1.42 bits per heavy atom. The second-order valence-electron chi connectivity index (χ2n) is 7.07. The Balaban J connectivity index is 0.000000614. The van der Waals surface area contributed by atoms with Crippen LogP contribution < -0.4 is 5.32 Å². The first kappa shape index (κ1) is 25.3. The highest BCUT2D eigenvalue weighted by atomic mass is 127. The molecule has 1 fully saturated rings. The largest absolute Gasteiger partial charge is 0.441 e. The van der Waals surface area contributed by atoms with E-state index < -0.39 is 13.7 Å². The quantitative estimate of drug-likeness (QED) is 0.181. The number of carbonyl (C=O) groups excluding carboxylic acids is 1. The molecule has 0 radical (unpaired) electrons. The number of carbonyl (C=O) groups is 1. The zero-order valence-electron chi connectivity index (χ0n) is 17.3. The maximum atomic E-state index is 12.4. The number of amides is 1. The van der Waals surface area contributed by atoms with Crippen LogP contribution in [0, 0.1) is 18.3 Å². The van der Waals surface area contributed by atoms with Crippen molar-refractivity contribution >= 4 is 38.6 Å². The molecule has 168 valence electrons. The van der Waals surface area contributed by atoms with E-state index >= 15 is 0 Å². The lowest BCUT2D eigenvalue weighted by Crippen LogP contribution is -2.45. The highest BCUT2D eigenvalue weighted by Gasteiger charge is 2.41. The fourth-order valence-corrected chi connectivity index (χ4v) is 3.98. The van der Waals surface area contributed by atoms with Gasteiger partial charge >= 0.3 is 0 Å². The molecule has 0 bridgehead atoms.